The number of halogens is 1. The summed E-state index contributed by atoms with van der Waals surface area (Å²) in [5.41, 5.74) is 0.0790. The van der Waals surface area contributed by atoms with E-state index < -0.39 is 0 Å². The van der Waals surface area contributed by atoms with Crippen molar-refractivity contribution in [3.63, 3.8) is 0 Å². The number of rotatable bonds is 8. The number of amides is 1. The van der Waals surface area contributed by atoms with Crippen LogP contribution in [-0.4, -0.2) is 49.2 Å². The van der Waals surface area contributed by atoms with Crippen LogP contribution in [0.5, 0.6) is 0 Å². The minimum Gasteiger partial charge on any atom is -0.378 e. The Labute approximate surface area is 154 Å². The van der Waals surface area contributed by atoms with Crippen LogP contribution in [-0.2, 0) is 9.53 Å². The summed E-state index contributed by atoms with van der Waals surface area (Å²) in [7, 11) is 0. The molecule has 0 bridgehead atoms. The van der Waals surface area contributed by atoms with E-state index in [2.05, 4.69) is 37.9 Å². The molecule has 2 atom stereocenters. The average molecular weight is 361 g/mol. The molecular formula is C19H37ClN2O2. The maximum atomic E-state index is 12.8. The molecule has 2 unspecified atom stereocenters. The maximum Gasteiger partial charge on any atom is 0.222 e. The number of hydrogen-bond acceptors (Lipinski definition) is 3. The van der Waals surface area contributed by atoms with Crippen LogP contribution in [0.15, 0.2) is 0 Å². The molecule has 1 aliphatic heterocycles. The lowest BCUT2D eigenvalue weighted by Crippen LogP contribution is -2.63. The van der Waals surface area contributed by atoms with Crippen LogP contribution in [0.1, 0.15) is 66.2 Å². The molecule has 0 aromatic rings. The van der Waals surface area contributed by atoms with Crippen molar-refractivity contribution in [3.05, 3.63) is 0 Å². The van der Waals surface area contributed by atoms with Crippen LogP contribution in [0.4, 0.5) is 0 Å². The van der Waals surface area contributed by atoms with Gasteiger partial charge in [-0.15, -0.1) is 12.4 Å². The molecule has 1 heterocycles. The molecule has 2 aliphatic rings. The molecule has 5 heteroatoms. The second-order valence-electron chi connectivity index (χ2n) is 7.84. The zero-order valence-corrected chi connectivity index (χ0v) is 16.8. The summed E-state index contributed by atoms with van der Waals surface area (Å²) in [6.07, 6.45) is 6.56. The van der Waals surface area contributed by atoms with Gasteiger partial charge in [0.15, 0.2) is 0 Å². The fourth-order valence-corrected chi connectivity index (χ4v) is 4.21. The quantitative estimate of drug-likeness (QED) is 0.718. The molecule has 0 radical (unpaired) electrons. The van der Waals surface area contributed by atoms with E-state index in [9.17, 15) is 4.79 Å². The van der Waals surface area contributed by atoms with Gasteiger partial charge in [0.1, 0.15) is 0 Å². The van der Waals surface area contributed by atoms with Gasteiger partial charge in [-0.05, 0) is 58.0 Å². The Hall–Kier alpha value is -0.320. The van der Waals surface area contributed by atoms with E-state index in [0.29, 0.717) is 18.1 Å². The van der Waals surface area contributed by atoms with Gasteiger partial charge in [0.25, 0.3) is 0 Å². The fraction of sp³-hybridized carbons (Fsp3) is 0.947. The first-order valence-electron chi connectivity index (χ1n) is 9.62. The largest absolute Gasteiger partial charge is 0.378 e. The van der Waals surface area contributed by atoms with E-state index in [4.69, 9.17) is 4.74 Å². The van der Waals surface area contributed by atoms with Gasteiger partial charge in [-0.2, -0.15) is 0 Å². The Kier molecular flexibility index (Phi) is 9.03. The molecule has 0 spiro atoms. The molecule has 0 aromatic heterocycles. The summed E-state index contributed by atoms with van der Waals surface area (Å²) < 4.78 is 5.84. The Morgan fingerprint density at radius 3 is 2.46 bits per heavy atom. The van der Waals surface area contributed by atoms with Crippen LogP contribution in [0.3, 0.4) is 0 Å². The summed E-state index contributed by atoms with van der Waals surface area (Å²) in [6.45, 7) is 12.6. The highest BCUT2D eigenvalue weighted by Gasteiger charge is 2.52. The molecule has 0 aromatic carbocycles. The van der Waals surface area contributed by atoms with Gasteiger partial charge in [0.2, 0.25) is 5.91 Å². The number of carbonyl (C=O) groups excluding carboxylic acids is 1. The minimum absolute atomic E-state index is 0. The Bertz CT molecular complexity index is 384. The third-order valence-corrected chi connectivity index (χ3v) is 5.88. The van der Waals surface area contributed by atoms with Crippen LogP contribution < -0.4 is 5.32 Å². The molecular weight excluding hydrogens is 324 g/mol. The predicted molar refractivity (Wildman–Crippen MR) is 102 cm³/mol. The number of carbonyl (C=O) groups is 1. The molecule has 1 aliphatic carbocycles. The molecule has 2 fully saturated rings. The molecule has 1 N–H and O–H groups in total. The first-order chi connectivity index (χ1) is 11.0. The smallest absolute Gasteiger partial charge is 0.222 e. The third-order valence-electron chi connectivity index (χ3n) is 5.88. The van der Waals surface area contributed by atoms with E-state index in [0.717, 1.165) is 57.8 Å². The third kappa shape index (κ3) is 5.09. The Morgan fingerprint density at radius 2 is 1.92 bits per heavy atom. The van der Waals surface area contributed by atoms with Gasteiger partial charge in [-0.3, -0.25) is 4.79 Å². The standard InChI is InChI=1S/C19H36N2O2.ClH/c1-5-13-21(16-14-17(23-6-2)19(16,3)4)18(22)8-7-15-9-11-20-12-10-15;/h15-17,20H,5-14H2,1-4H3;1H. The highest BCUT2D eigenvalue weighted by molar-refractivity contribution is 5.85. The zero-order valence-electron chi connectivity index (χ0n) is 16.0. The van der Waals surface area contributed by atoms with Crippen molar-refractivity contribution in [2.24, 2.45) is 11.3 Å². The number of piperidine rings is 1. The minimum atomic E-state index is 0. The van der Waals surface area contributed by atoms with Crippen molar-refractivity contribution in [2.45, 2.75) is 78.4 Å². The fourth-order valence-electron chi connectivity index (χ4n) is 4.21. The average Bonchev–Trinajstić information content (AvgIpc) is 2.55. The zero-order chi connectivity index (χ0) is 16.9. The van der Waals surface area contributed by atoms with Crippen LogP contribution in [0.2, 0.25) is 0 Å². The van der Waals surface area contributed by atoms with E-state index in [-0.39, 0.29) is 17.8 Å². The lowest BCUT2D eigenvalue weighted by molar-refractivity contribution is -0.167. The van der Waals surface area contributed by atoms with Crippen molar-refractivity contribution < 1.29 is 9.53 Å². The first kappa shape index (κ1) is 21.7. The van der Waals surface area contributed by atoms with E-state index in [1.54, 1.807) is 0 Å². The lowest BCUT2D eigenvalue weighted by Gasteiger charge is -2.55. The number of ether oxygens (including phenoxy) is 1. The molecule has 142 valence electrons. The molecule has 4 nitrogen and oxygen atoms in total. The van der Waals surface area contributed by atoms with Gasteiger partial charge in [0, 0.05) is 31.0 Å². The van der Waals surface area contributed by atoms with Gasteiger partial charge >= 0.3 is 0 Å². The number of nitrogens with zero attached hydrogens (tertiary/aromatic N) is 1. The van der Waals surface area contributed by atoms with Crippen LogP contribution >= 0.6 is 12.4 Å². The molecule has 1 saturated heterocycles. The second-order valence-corrected chi connectivity index (χ2v) is 7.84. The molecule has 1 saturated carbocycles. The summed E-state index contributed by atoms with van der Waals surface area (Å²) in [6, 6.07) is 0.347. The van der Waals surface area contributed by atoms with E-state index >= 15 is 0 Å². The van der Waals surface area contributed by atoms with Gasteiger partial charge in [-0.25, -0.2) is 0 Å². The summed E-state index contributed by atoms with van der Waals surface area (Å²) >= 11 is 0. The van der Waals surface area contributed by atoms with Crippen LogP contribution in [0, 0.1) is 11.3 Å². The maximum absolute atomic E-state index is 12.8. The van der Waals surface area contributed by atoms with Crippen molar-refractivity contribution in [3.8, 4) is 0 Å². The Morgan fingerprint density at radius 1 is 1.25 bits per heavy atom. The number of hydrogen-bond donors (Lipinski definition) is 1. The lowest BCUT2D eigenvalue weighted by atomic mass is 9.63. The van der Waals surface area contributed by atoms with E-state index in [1.807, 2.05) is 0 Å². The number of nitrogens with one attached hydrogen (secondary N) is 1. The highest BCUT2D eigenvalue weighted by Crippen LogP contribution is 2.46. The monoisotopic (exact) mass is 360 g/mol. The molecule has 1 amide bonds. The topological polar surface area (TPSA) is 41.6 Å². The van der Waals surface area contributed by atoms with Gasteiger partial charge in [-0.1, -0.05) is 20.8 Å². The Balaban J connectivity index is 0.00000288. The van der Waals surface area contributed by atoms with Crippen molar-refractivity contribution in [1.29, 1.82) is 0 Å². The molecule has 2 rings (SSSR count). The second kappa shape index (κ2) is 9.98. The van der Waals surface area contributed by atoms with E-state index in [1.165, 1.54) is 12.8 Å². The molecule has 24 heavy (non-hydrogen) atoms. The summed E-state index contributed by atoms with van der Waals surface area (Å²) in [5.74, 6) is 1.09. The van der Waals surface area contributed by atoms with Gasteiger partial charge in [0.05, 0.1) is 6.10 Å². The highest BCUT2D eigenvalue weighted by atomic mass is 35.5. The summed E-state index contributed by atoms with van der Waals surface area (Å²) in [5, 5.41) is 3.40. The van der Waals surface area contributed by atoms with Crippen molar-refractivity contribution in [1.82, 2.24) is 10.2 Å². The van der Waals surface area contributed by atoms with Crippen LogP contribution in [0.25, 0.3) is 0 Å². The van der Waals surface area contributed by atoms with Crippen molar-refractivity contribution >= 4 is 18.3 Å². The van der Waals surface area contributed by atoms with Gasteiger partial charge < -0.3 is 15.0 Å². The normalized spacial score (nSPS) is 26.3. The first-order valence-corrected chi connectivity index (χ1v) is 9.62. The van der Waals surface area contributed by atoms with Crippen molar-refractivity contribution in [2.75, 3.05) is 26.2 Å². The summed E-state index contributed by atoms with van der Waals surface area (Å²) in [4.78, 5) is 15.0. The SMILES string of the molecule is CCCN(C(=O)CCC1CCNCC1)C1CC(OCC)C1(C)C.Cl. The predicted octanol–water partition coefficient (Wildman–Crippen LogP) is 3.63.